The van der Waals surface area contributed by atoms with Crippen molar-refractivity contribution in [2.75, 3.05) is 0 Å². The third-order valence-corrected chi connectivity index (χ3v) is 3.84. The van der Waals surface area contributed by atoms with Gasteiger partial charge in [-0.2, -0.15) is 0 Å². The van der Waals surface area contributed by atoms with E-state index < -0.39 is 5.97 Å². The van der Waals surface area contributed by atoms with Crippen LogP contribution in [0.4, 0.5) is 0 Å². The summed E-state index contributed by atoms with van der Waals surface area (Å²) in [5.74, 6) is 0.0235. The van der Waals surface area contributed by atoms with Crippen molar-refractivity contribution in [3.8, 4) is 0 Å². The Bertz CT molecular complexity index is 825. The third kappa shape index (κ3) is 3.79. The molecule has 0 radical (unpaired) electrons. The summed E-state index contributed by atoms with van der Waals surface area (Å²) in [6, 6.07) is 14.6. The number of aromatic carboxylic acids is 1. The molecule has 0 fully saturated rings. The summed E-state index contributed by atoms with van der Waals surface area (Å²) < 4.78 is 2.05. The summed E-state index contributed by atoms with van der Waals surface area (Å²) in [4.78, 5) is 15.3. The predicted octanol–water partition coefficient (Wildman–Crippen LogP) is 3.87. The van der Waals surface area contributed by atoms with E-state index in [1.807, 2.05) is 42.6 Å². The Morgan fingerprint density at radius 1 is 1.13 bits per heavy atom. The van der Waals surface area contributed by atoms with Crippen LogP contribution >= 0.6 is 11.6 Å². The van der Waals surface area contributed by atoms with Crippen molar-refractivity contribution in [1.29, 1.82) is 0 Å². The molecule has 1 aromatic heterocycles. The van der Waals surface area contributed by atoms with Gasteiger partial charge in [0.1, 0.15) is 5.82 Å². The average molecular weight is 327 g/mol. The van der Waals surface area contributed by atoms with Crippen molar-refractivity contribution in [2.45, 2.75) is 13.0 Å². The molecule has 5 heteroatoms. The first-order valence-corrected chi connectivity index (χ1v) is 7.56. The Labute approximate surface area is 139 Å². The number of halogens is 1. The maximum absolute atomic E-state index is 10.9. The lowest BCUT2D eigenvalue weighted by molar-refractivity contribution is 0.0697. The van der Waals surface area contributed by atoms with Gasteiger partial charge < -0.3 is 9.67 Å². The van der Waals surface area contributed by atoms with Crippen LogP contribution in [0.2, 0.25) is 5.02 Å². The van der Waals surface area contributed by atoms with E-state index >= 15 is 0 Å². The van der Waals surface area contributed by atoms with Crippen molar-refractivity contribution in [3.05, 3.63) is 88.5 Å². The summed E-state index contributed by atoms with van der Waals surface area (Å²) in [6.07, 6.45) is 4.39. The number of rotatable bonds is 5. The van der Waals surface area contributed by atoms with E-state index in [2.05, 4.69) is 9.55 Å². The molecule has 0 unspecified atom stereocenters. The molecule has 1 heterocycles. The molecule has 0 aliphatic carbocycles. The smallest absolute Gasteiger partial charge is 0.335 e. The Balaban J connectivity index is 1.77. The van der Waals surface area contributed by atoms with Gasteiger partial charge in [-0.15, -0.1) is 0 Å². The Morgan fingerprint density at radius 2 is 1.91 bits per heavy atom. The Hall–Kier alpha value is -2.59. The SMILES string of the molecule is O=C(O)c1ccc(Cn2ccnc2Cc2cccc(Cl)c2)cc1. The molecule has 0 aliphatic rings. The van der Waals surface area contributed by atoms with Crippen LogP contribution in [0.25, 0.3) is 0 Å². The second kappa shape index (κ2) is 6.67. The van der Waals surface area contributed by atoms with Crippen LogP contribution in [0.3, 0.4) is 0 Å². The standard InChI is InChI=1S/C18H15ClN2O2/c19-16-3-1-2-14(10-16)11-17-20-8-9-21(17)12-13-4-6-15(7-5-13)18(22)23/h1-10H,11-12H2,(H,22,23). The first-order chi connectivity index (χ1) is 11.1. The van der Waals surface area contributed by atoms with Crippen LogP contribution in [0, 0.1) is 0 Å². The fourth-order valence-electron chi connectivity index (χ4n) is 2.43. The van der Waals surface area contributed by atoms with Gasteiger partial charge in [0.15, 0.2) is 0 Å². The van der Waals surface area contributed by atoms with Crippen molar-refractivity contribution >= 4 is 17.6 Å². The molecular weight excluding hydrogens is 312 g/mol. The third-order valence-electron chi connectivity index (χ3n) is 3.61. The molecule has 0 aliphatic heterocycles. The van der Waals surface area contributed by atoms with E-state index in [0.29, 0.717) is 23.6 Å². The lowest BCUT2D eigenvalue weighted by Crippen LogP contribution is -2.05. The molecule has 4 nitrogen and oxygen atoms in total. The number of carboxylic acid groups (broad SMARTS) is 1. The molecule has 2 aromatic carbocycles. The van der Waals surface area contributed by atoms with Crippen molar-refractivity contribution in [1.82, 2.24) is 9.55 Å². The molecule has 0 saturated heterocycles. The monoisotopic (exact) mass is 326 g/mol. The van der Waals surface area contributed by atoms with E-state index in [1.165, 1.54) is 0 Å². The summed E-state index contributed by atoms with van der Waals surface area (Å²) in [6.45, 7) is 0.649. The minimum Gasteiger partial charge on any atom is -0.478 e. The summed E-state index contributed by atoms with van der Waals surface area (Å²) in [7, 11) is 0. The predicted molar refractivity (Wildman–Crippen MR) is 89.0 cm³/mol. The zero-order valence-electron chi connectivity index (χ0n) is 12.3. The van der Waals surface area contributed by atoms with Crippen LogP contribution < -0.4 is 0 Å². The van der Waals surface area contributed by atoms with Crippen molar-refractivity contribution < 1.29 is 9.90 Å². The van der Waals surface area contributed by atoms with Crippen LogP contribution in [0.1, 0.15) is 27.3 Å². The van der Waals surface area contributed by atoms with Gasteiger partial charge in [-0.25, -0.2) is 9.78 Å². The molecule has 3 aromatic rings. The molecular formula is C18H15ClN2O2. The average Bonchev–Trinajstić information content (AvgIpc) is 2.95. The number of hydrogen-bond donors (Lipinski definition) is 1. The highest BCUT2D eigenvalue weighted by molar-refractivity contribution is 6.30. The van der Waals surface area contributed by atoms with Gasteiger partial charge in [0.05, 0.1) is 5.56 Å². The van der Waals surface area contributed by atoms with Gasteiger partial charge in [-0.05, 0) is 35.4 Å². The number of hydrogen-bond acceptors (Lipinski definition) is 2. The van der Waals surface area contributed by atoms with Gasteiger partial charge in [0.2, 0.25) is 0 Å². The lowest BCUT2D eigenvalue weighted by atomic mass is 10.1. The van der Waals surface area contributed by atoms with Gasteiger partial charge in [0, 0.05) is 30.4 Å². The van der Waals surface area contributed by atoms with Crippen molar-refractivity contribution in [2.24, 2.45) is 0 Å². The molecule has 116 valence electrons. The number of aromatic nitrogens is 2. The molecule has 1 N–H and O–H groups in total. The van der Waals surface area contributed by atoms with Gasteiger partial charge >= 0.3 is 5.97 Å². The largest absolute Gasteiger partial charge is 0.478 e. The Kier molecular flexibility index (Phi) is 4.44. The van der Waals surface area contributed by atoms with Gasteiger partial charge in [-0.3, -0.25) is 0 Å². The van der Waals surface area contributed by atoms with Crippen LogP contribution in [-0.4, -0.2) is 20.6 Å². The zero-order chi connectivity index (χ0) is 16.2. The minimum absolute atomic E-state index is 0.290. The number of benzene rings is 2. The van der Waals surface area contributed by atoms with Gasteiger partial charge in [0.25, 0.3) is 0 Å². The van der Waals surface area contributed by atoms with Crippen LogP contribution in [0.15, 0.2) is 60.9 Å². The highest BCUT2D eigenvalue weighted by Gasteiger charge is 2.07. The molecule has 23 heavy (non-hydrogen) atoms. The molecule has 0 amide bonds. The maximum Gasteiger partial charge on any atom is 0.335 e. The quantitative estimate of drug-likeness (QED) is 0.774. The van der Waals surface area contributed by atoms with Crippen LogP contribution in [-0.2, 0) is 13.0 Å². The molecule has 0 bridgehead atoms. The first-order valence-electron chi connectivity index (χ1n) is 7.18. The lowest BCUT2D eigenvalue weighted by Gasteiger charge is -2.09. The zero-order valence-corrected chi connectivity index (χ0v) is 13.1. The minimum atomic E-state index is -0.916. The van der Waals surface area contributed by atoms with E-state index in [1.54, 1.807) is 18.3 Å². The molecule has 0 spiro atoms. The highest BCUT2D eigenvalue weighted by atomic mass is 35.5. The Morgan fingerprint density at radius 3 is 2.61 bits per heavy atom. The number of nitrogens with zero attached hydrogens (tertiary/aromatic N) is 2. The van der Waals surface area contributed by atoms with E-state index in [9.17, 15) is 4.79 Å². The maximum atomic E-state index is 10.9. The number of imidazole rings is 1. The summed E-state index contributed by atoms with van der Waals surface area (Å²) >= 11 is 6.02. The number of carboxylic acids is 1. The fourth-order valence-corrected chi connectivity index (χ4v) is 2.64. The van der Waals surface area contributed by atoms with E-state index in [-0.39, 0.29) is 0 Å². The molecule has 0 atom stereocenters. The normalized spacial score (nSPS) is 10.7. The van der Waals surface area contributed by atoms with Crippen molar-refractivity contribution in [3.63, 3.8) is 0 Å². The fraction of sp³-hybridized carbons (Fsp3) is 0.111. The molecule has 3 rings (SSSR count). The van der Waals surface area contributed by atoms with E-state index in [4.69, 9.17) is 16.7 Å². The second-order valence-corrected chi connectivity index (χ2v) is 5.72. The molecule has 0 saturated carbocycles. The van der Waals surface area contributed by atoms with Gasteiger partial charge in [-0.1, -0.05) is 35.9 Å². The topological polar surface area (TPSA) is 55.1 Å². The van der Waals surface area contributed by atoms with Crippen LogP contribution in [0.5, 0.6) is 0 Å². The summed E-state index contributed by atoms with van der Waals surface area (Å²) in [5, 5.41) is 9.65. The van der Waals surface area contributed by atoms with E-state index in [0.717, 1.165) is 17.0 Å². The number of carbonyl (C=O) groups is 1. The summed E-state index contributed by atoms with van der Waals surface area (Å²) in [5.41, 5.74) is 2.42. The highest BCUT2D eigenvalue weighted by Crippen LogP contribution is 2.15. The first kappa shape index (κ1) is 15.3. The second-order valence-electron chi connectivity index (χ2n) is 5.28.